The molecule has 0 amide bonds. The number of allylic oxidation sites excluding steroid dienone is 6. The van der Waals surface area contributed by atoms with E-state index in [1.54, 1.807) is 0 Å². The third kappa shape index (κ3) is 17.7. The van der Waals surface area contributed by atoms with Gasteiger partial charge >= 0.3 is 0 Å². The van der Waals surface area contributed by atoms with Gasteiger partial charge in [0.15, 0.2) is 0 Å². The minimum atomic E-state index is 1.08. The lowest BCUT2D eigenvalue weighted by Crippen LogP contribution is -1.80. The summed E-state index contributed by atoms with van der Waals surface area (Å²) in [5.74, 6) is 0. The van der Waals surface area contributed by atoms with Crippen molar-refractivity contribution in [3.63, 3.8) is 0 Å². The van der Waals surface area contributed by atoms with E-state index in [2.05, 4.69) is 59.3 Å². The van der Waals surface area contributed by atoms with E-state index in [0.29, 0.717) is 0 Å². The molecule has 110 valence electrons. The van der Waals surface area contributed by atoms with Gasteiger partial charge in [0.05, 0.1) is 0 Å². The Balaban J connectivity index is 3.19. The Labute approximate surface area is 129 Å². The molecule has 0 spiro atoms. The van der Waals surface area contributed by atoms with Crippen LogP contribution in [0.25, 0.3) is 0 Å². The topological polar surface area (TPSA) is 0 Å². The molecular formula is C18H31Br. The van der Waals surface area contributed by atoms with Crippen molar-refractivity contribution >= 4 is 15.9 Å². The average Bonchev–Trinajstić information content (AvgIpc) is 2.43. The first-order chi connectivity index (χ1) is 9.41. The van der Waals surface area contributed by atoms with Crippen LogP contribution >= 0.6 is 15.9 Å². The van der Waals surface area contributed by atoms with Crippen LogP contribution in [-0.4, -0.2) is 5.33 Å². The quantitative estimate of drug-likeness (QED) is 0.195. The lowest BCUT2D eigenvalue weighted by atomic mass is 10.1. The predicted molar refractivity (Wildman–Crippen MR) is 93.1 cm³/mol. The van der Waals surface area contributed by atoms with E-state index < -0.39 is 0 Å². The highest BCUT2D eigenvalue weighted by molar-refractivity contribution is 9.09. The van der Waals surface area contributed by atoms with Crippen LogP contribution in [0.4, 0.5) is 0 Å². The fourth-order valence-electron chi connectivity index (χ4n) is 1.89. The number of alkyl halides is 1. The van der Waals surface area contributed by atoms with E-state index in [9.17, 15) is 0 Å². The van der Waals surface area contributed by atoms with Gasteiger partial charge in [-0.3, -0.25) is 0 Å². The molecule has 0 radical (unpaired) electrons. The molecule has 0 rings (SSSR count). The molecular weight excluding hydrogens is 296 g/mol. The van der Waals surface area contributed by atoms with E-state index in [1.165, 1.54) is 44.9 Å². The summed E-state index contributed by atoms with van der Waals surface area (Å²) in [4.78, 5) is 0. The molecule has 19 heavy (non-hydrogen) atoms. The summed E-state index contributed by atoms with van der Waals surface area (Å²) in [6.45, 7) is 2.17. The van der Waals surface area contributed by atoms with Crippen LogP contribution in [0.2, 0.25) is 0 Å². The Kier molecular flexibility index (Phi) is 17.4. The van der Waals surface area contributed by atoms with Gasteiger partial charge in [-0.1, -0.05) is 85.0 Å². The highest BCUT2D eigenvalue weighted by Gasteiger charge is 1.89. The van der Waals surface area contributed by atoms with E-state index in [-0.39, 0.29) is 0 Å². The molecule has 0 fully saturated rings. The Morgan fingerprint density at radius 2 is 1.16 bits per heavy atom. The zero-order valence-electron chi connectivity index (χ0n) is 12.6. The van der Waals surface area contributed by atoms with Gasteiger partial charge in [-0.05, 0) is 38.5 Å². The monoisotopic (exact) mass is 326 g/mol. The lowest BCUT2D eigenvalue weighted by Gasteiger charge is -1.98. The smallest absolute Gasteiger partial charge is 0.00313 e. The van der Waals surface area contributed by atoms with Crippen LogP contribution in [0.1, 0.15) is 71.1 Å². The molecule has 0 aliphatic rings. The van der Waals surface area contributed by atoms with Crippen molar-refractivity contribution in [2.75, 3.05) is 5.33 Å². The first-order valence-corrected chi connectivity index (χ1v) is 9.05. The minimum Gasteiger partial charge on any atom is -0.0928 e. The maximum absolute atomic E-state index is 3.47. The van der Waals surface area contributed by atoms with Crippen LogP contribution < -0.4 is 0 Å². The van der Waals surface area contributed by atoms with Crippen molar-refractivity contribution in [2.45, 2.75) is 71.1 Å². The van der Waals surface area contributed by atoms with Gasteiger partial charge in [-0.25, -0.2) is 0 Å². The summed E-state index contributed by atoms with van der Waals surface area (Å²) < 4.78 is 0. The number of rotatable bonds is 13. The van der Waals surface area contributed by atoms with Gasteiger partial charge in [0.1, 0.15) is 0 Å². The fourth-order valence-corrected chi connectivity index (χ4v) is 2.29. The largest absolute Gasteiger partial charge is 0.0928 e. The van der Waals surface area contributed by atoms with Crippen LogP contribution in [0.15, 0.2) is 36.5 Å². The lowest BCUT2D eigenvalue weighted by molar-refractivity contribution is 0.613. The van der Waals surface area contributed by atoms with Gasteiger partial charge in [-0.2, -0.15) is 0 Å². The summed E-state index contributed by atoms with van der Waals surface area (Å²) >= 11 is 3.47. The molecule has 0 aromatic heterocycles. The zero-order valence-corrected chi connectivity index (χ0v) is 14.2. The number of hydrogen-bond acceptors (Lipinski definition) is 0. The molecule has 0 unspecified atom stereocenters. The van der Waals surface area contributed by atoms with Gasteiger partial charge in [0.2, 0.25) is 0 Å². The van der Waals surface area contributed by atoms with Crippen LogP contribution in [0, 0.1) is 0 Å². The van der Waals surface area contributed by atoms with Gasteiger partial charge in [0, 0.05) is 5.33 Å². The number of unbranched alkanes of at least 4 members (excludes halogenated alkanes) is 6. The molecule has 0 aliphatic carbocycles. The highest BCUT2D eigenvalue weighted by Crippen LogP contribution is 2.08. The third-order valence-electron chi connectivity index (χ3n) is 3.03. The summed E-state index contributed by atoms with van der Waals surface area (Å²) in [5, 5.41) is 1.16. The van der Waals surface area contributed by atoms with Gasteiger partial charge in [-0.15, -0.1) is 0 Å². The zero-order chi connectivity index (χ0) is 14.0. The standard InChI is InChI=1S/C18H31Br/c1-2-3-4-5-6-7-8-9-10-11-12-13-14-15-16-17-18-19/h3-4,6-7,9-10H,2,5,8,11-18H2,1H3/b4-3+,7-6+,10-9-. The third-order valence-corrected chi connectivity index (χ3v) is 3.60. The fraction of sp³-hybridized carbons (Fsp3) is 0.667. The van der Waals surface area contributed by atoms with Crippen molar-refractivity contribution in [1.82, 2.24) is 0 Å². The average molecular weight is 327 g/mol. The van der Waals surface area contributed by atoms with Gasteiger partial charge in [0.25, 0.3) is 0 Å². The predicted octanol–water partition coefficient (Wildman–Crippen LogP) is 6.97. The maximum Gasteiger partial charge on any atom is 0.00313 e. The molecule has 0 aliphatic heterocycles. The minimum absolute atomic E-state index is 1.08. The molecule has 0 bridgehead atoms. The van der Waals surface area contributed by atoms with Crippen LogP contribution in [0.3, 0.4) is 0 Å². The molecule has 0 aromatic rings. The molecule has 0 N–H and O–H groups in total. The van der Waals surface area contributed by atoms with Crippen molar-refractivity contribution in [1.29, 1.82) is 0 Å². The summed E-state index contributed by atoms with van der Waals surface area (Å²) in [5.41, 5.74) is 0. The second-order valence-corrected chi connectivity index (χ2v) is 5.69. The van der Waals surface area contributed by atoms with Crippen molar-refractivity contribution < 1.29 is 0 Å². The first-order valence-electron chi connectivity index (χ1n) is 7.92. The van der Waals surface area contributed by atoms with E-state index >= 15 is 0 Å². The second-order valence-electron chi connectivity index (χ2n) is 4.89. The number of halogens is 1. The molecule has 0 heterocycles. The Hall–Kier alpha value is -0.300. The normalized spacial score (nSPS) is 12.3. The van der Waals surface area contributed by atoms with Crippen LogP contribution in [-0.2, 0) is 0 Å². The van der Waals surface area contributed by atoms with Crippen molar-refractivity contribution in [3.05, 3.63) is 36.5 Å². The Morgan fingerprint density at radius 1 is 0.632 bits per heavy atom. The molecule has 0 atom stereocenters. The molecule has 0 saturated carbocycles. The number of hydrogen-bond donors (Lipinski definition) is 0. The van der Waals surface area contributed by atoms with Crippen molar-refractivity contribution in [2.24, 2.45) is 0 Å². The summed E-state index contributed by atoms with van der Waals surface area (Å²) in [7, 11) is 0. The SMILES string of the molecule is CC/C=C/C/C=C/C/C=C\CCCCCCCCBr. The van der Waals surface area contributed by atoms with Crippen molar-refractivity contribution in [3.8, 4) is 0 Å². The Bertz CT molecular complexity index is 238. The van der Waals surface area contributed by atoms with E-state index in [0.717, 1.165) is 24.6 Å². The highest BCUT2D eigenvalue weighted by atomic mass is 79.9. The summed E-state index contributed by atoms with van der Waals surface area (Å²) in [6.07, 6.45) is 26.4. The second kappa shape index (κ2) is 17.7. The summed E-state index contributed by atoms with van der Waals surface area (Å²) in [6, 6.07) is 0. The van der Waals surface area contributed by atoms with Gasteiger partial charge < -0.3 is 0 Å². The van der Waals surface area contributed by atoms with Crippen LogP contribution in [0.5, 0.6) is 0 Å². The first kappa shape index (κ1) is 18.7. The molecule has 1 heteroatoms. The molecule has 0 saturated heterocycles. The van der Waals surface area contributed by atoms with E-state index in [1.807, 2.05) is 0 Å². The Morgan fingerprint density at radius 3 is 1.79 bits per heavy atom. The molecule has 0 nitrogen and oxygen atoms in total. The maximum atomic E-state index is 3.47. The van der Waals surface area contributed by atoms with E-state index in [4.69, 9.17) is 0 Å². The molecule has 0 aromatic carbocycles.